The molecule has 1 aromatic rings. The van der Waals surface area contributed by atoms with Crippen LogP contribution in [-0.4, -0.2) is 41.6 Å². The highest BCUT2D eigenvalue weighted by Crippen LogP contribution is 2.53. The smallest absolute Gasteiger partial charge is 0.312 e. The molecule has 1 spiro atoms. The van der Waals surface area contributed by atoms with E-state index in [0.29, 0.717) is 13.2 Å². The number of ether oxygens (including phenoxy) is 2. The number of carbonyl (C=O) groups is 2. The van der Waals surface area contributed by atoms with Crippen LogP contribution in [0.4, 0.5) is 0 Å². The highest BCUT2D eigenvalue weighted by molar-refractivity contribution is 9.10. The Balaban J connectivity index is 1.59. The van der Waals surface area contributed by atoms with Crippen LogP contribution in [-0.2, 0) is 19.1 Å². The molecule has 0 N–H and O–H groups in total. The van der Waals surface area contributed by atoms with Crippen molar-refractivity contribution >= 4 is 27.8 Å². The number of benzene rings is 1. The van der Waals surface area contributed by atoms with Crippen molar-refractivity contribution in [3.05, 3.63) is 46.5 Å². The molecule has 1 aromatic carbocycles. The molecule has 6 heteroatoms. The van der Waals surface area contributed by atoms with Crippen molar-refractivity contribution in [3.8, 4) is 0 Å². The van der Waals surface area contributed by atoms with E-state index in [2.05, 4.69) is 15.9 Å². The Morgan fingerprint density at radius 1 is 1.42 bits per heavy atom. The van der Waals surface area contributed by atoms with Crippen LogP contribution in [0.2, 0.25) is 0 Å². The van der Waals surface area contributed by atoms with Gasteiger partial charge in [-0.15, -0.1) is 0 Å². The quantitative estimate of drug-likeness (QED) is 0.542. The van der Waals surface area contributed by atoms with Gasteiger partial charge in [0.15, 0.2) is 0 Å². The number of fused-ring (bicyclic) bond motifs is 1. The molecule has 26 heavy (non-hydrogen) atoms. The summed E-state index contributed by atoms with van der Waals surface area (Å²) in [5, 5.41) is 0. The van der Waals surface area contributed by atoms with Gasteiger partial charge >= 0.3 is 5.97 Å². The van der Waals surface area contributed by atoms with Gasteiger partial charge in [0.05, 0.1) is 31.2 Å². The number of esters is 1. The van der Waals surface area contributed by atoms with Gasteiger partial charge < -0.3 is 14.4 Å². The van der Waals surface area contributed by atoms with Gasteiger partial charge in [-0.05, 0) is 31.0 Å². The molecule has 5 atom stereocenters. The number of amides is 1. The molecule has 2 saturated heterocycles. The van der Waals surface area contributed by atoms with Gasteiger partial charge in [-0.3, -0.25) is 9.59 Å². The molecule has 5 nitrogen and oxygen atoms in total. The number of likely N-dealkylation sites (tertiary alicyclic amines) is 1. The monoisotopic (exact) mass is 419 g/mol. The zero-order valence-corrected chi connectivity index (χ0v) is 16.4. The van der Waals surface area contributed by atoms with Crippen LogP contribution in [0, 0.1) is 11.8 Å². The Bertz CT molecular complexity index is 762. The lowest BCUT2D eigenvalue weighted by Crippen LogP contribution is -2.40. The number of carbonyl (C=O) groups excluding carboxylic acids is 2. The normalized spacial score (nSPS) is 32.8. The maximum absolute atomic E-state index is 13.2. The Labute approximate surface area is 161 Å². The number of hydrogen-bond acceptors (Lipinski definition) is 4. The first-order valence-electron chi connectivity index (χ1n) is 9.06. The van der Waals surface area contributed by atoms with Crippen molar-refractivity contribution in [2.45, 2.75) is 38.0 Å². The lowest BCUT2D eigenvalue weighted by Gasteiger charge is -2.27. The number of nitrogens with zero attached hydrogens (tertiary/aromatic N) is 1. The number of hydrogen-bond donors (Lipinski definition) is 0. The van der Waals surface area contributed by atoms with Gasteiger partial charge in [0.25, 0.3) is 0 Å². The van der Waals surface area contributed by atoms with Crippen molar-refractivity contribution in [1.82, 2.24) is 4.90 Å². The molecule has 0 radical (unpaired) electrons. The first-order chi connectivity index (χ1) is 12.5. The van der Waals surface area contributed by atoms with E-state index in [-0.39, 0.29) is 24.0 Å². The van der Waals surface area contributed by atoms with Crippen LogP contribution in [0.1, 0.15) is 31.9 Å². The van der Waals surface area contributed by atoms with E-state index in [0.717, 1.165) is 16.5 Å². The summed E-state index contributed by atoms with van der Waals surface area (Å²) in [5.41, 5.74) is 0.364. The molecule has 3 aliphatic rings. The second-order valence-corrected chi connectivity index (χ2v) is 8.18. The van der Waals surface area contributed by atoms with Crippen LogP contribution in [0.3, 0.4) is 0 Å². The third kappa shape index (κ3) is 2.62. The van der Waals surface area contributed by atoms with Gasteiger partial charge in [-0.25, -0.2) is 0 Å². The van der Waals surface area contributed by atoms with E-state index < -0.39 is 17.4 Å². The van der Waals surface area contributed by atoms with Gasteiger partial charge in [-0.2, -0.15) is 0 Å². The summed E-state index contributed by atoms with van der Waals surface area (Å²) < 4.78 is 12.5. The maximum atomic E-state index is 13.2. The molecular formula is C20H22BrNO4. The van der Waals surface area contributed by atoms with Crippen molar-refractivity contribution in [3.63, 3.8) is 0 Å². The van der Waals surface area contributed by atoms with Crippen LogP contribution >= 0.6 is 15.9 Å². The minimum absolute atomic E-state index is 0.0225. The summed E-state index contributed by atoms with van der Waals surface area (Å²) >= 11 is 3.44. The molecule has 0 saturated carbocycles. The largest absolute Gasteiger partial charge is 0.465 e. The molecular weight excluding hydrogens is 398 g/mol. The van der Waals surface area contributed by atoms with Gasteiger partial charge in [-0.1, -0.05) is 47.1 Å². The summed E-state index contributed by atoms with van der Waals surface area (Å²) in [5.74, 6) is -1.37. The van der Waals surface area contributed by atoms with E-state index in [1.807, 2.05) is 55.2 Å². The molecule has 138 valence electrons. The predicted molar refractivity (Wildman–Crippen MR) is 99.2 cm³/mol. The molecule has 2 bridgehead atoms. The fourth-order valence-electron chi connectivity index (χ4n) is 4.35. The molecule has 0 aliphatic carbocycles. The first-order valence-corrected chi connectivity index (χ1v) is 9.86. The average molecular weight is 420 g/mol. The minimum Gasteiger partial charge on any atom is -0.465 e. The fraction of sp³-hybridized carbons (Fsp3) is 0.500. The zero-order valence-electron chi connectivity index (χ0n) is 14.9. The second kappa shape index (κ2) is 6.50. The van der Waals surface area contributed by atoms with Gasteiger partial charge in [0.1, 0.15) is 11.5 Å². The molecule has 2 fully saturated rings. The Morgan fingerprint density at radius 2 is 2.15 bits per heavy atom. The zero-order chi connectivity index (χ0) is 18.5. The van der Waals surface area contributed by atoms with Crippen molar-refractivity contribution in [2.24, 2.45) is 11.8 Å². The van der Waals surface area contributed by atoms with Crippen LogP contribution in [0.5, 0.6) is 0 Å². The number of rotatable bonds is 5. The molecule has 4 rings (SSSR count). The lowest BCUT2D eigenvalue weighted by atomic mass is 9.77. The Morgan fingerprint density at radius 3 is 2.85 bits per heavy atom. The van der Waals surface area contributed by atoms with Crippen LogP contribution < -0.4 is 0 Å². The topological polar surface area (TPSA) is 55.8 Å². The summed E-state index contributed by atoms with van der Waals surface area (Å²) in [6, 6.07) is 7.87. The minimum atomic E-state index is -0.693. The van der Waals surface area contributed by atoms with Gasteiger partial charge in [0.2, 0.25) is 5.91 Å². The number of halogens is 1. The van der Waals surface area contributed by atoms with E-state index in [4.69, 9.17) is 9.47 Å². The molecule has 0 aromatic heterocycles. The third-order valence-corrected chi connectivity index (χ3v) is 6.20. The molecule has 0 unspecified atom stereocenters. The highest BCUT2D eigenvalue weighted by Gasteiger charge is 2.67. The fourth-order valence-corrected chi connectivity index (χ4v) is 4.61. The average Bonchev–Trinajstić information content (AvgIpc) is 3.28. The maximum Gasteiger partial charge on any atom is 0.312 e. The second-order valence-electron chi connectivity index (χ2n) is 7.26. The molecule has 1 amide bonds. The SMILES string of the molecule is CCCOC(=O)[C@H]1[C@H]2C=C[C@@]3(CN([C@@H](C)c4ccc(Br)cc4)C(=O)[C@@H]13)O2. The Kier molecular flexibility index (Phi) is 4.43. The standard InChI is InChI=1S/C20H22BrNO4/c1-3-10-25-19(24)16-15-8-9-20(26-15)11-22(18(23)17(16)20)12(2)13-4-6-14(21)7-5-13/h4-9,12,15-17H,3,10-11H2,1-2H3/t12-,15+,16-,17+,20-/m0/s1. The molecule has 3 aliphatic heterocycles. The third-order valence-electron chi connectivity index (χ3n) is 5.67. The lowest BCUT2D eigenvalue weighted by molar-refractivity contribution is -0.154. The van der Waals surface area contributed by atoms with Gasteiger partial charge in [0, 0.05) is 4.47 Å². The van der Waals surface area contributed by atoms with Crippen molar-refractivity contribution < 1.29 is 19.1 Å². The van der Waals surface area contributed by atoms with Crippen LogP contribution in [0.25, 0.3) is 0 Å². The van der Waals surface area contributed by atoms with Crippen LogP contribution in [0.15, 0.2) is 40.9 Å². The van der Waals surface area contributed by atoms with E-state index in [9.17, 15) is 9.59 Å². The summed E-state index contributed by atoms with van der Waals surface area (Å²) in [7, 11) is 0. The van der Waals surface area contributed by atoms with Crippen molar-refractivity contribution in [1.29, 1.82) is 0 Å². The van der Waals surface area contributed by atoms with E-state index in [1.54, 1.807) is 0 Å². The summed E-state index contributed by atoms with van der Waals surface area (Å²) in [6.45, 7) is 4.81. The summed E-state index contributed by atoms with van der Waals surface area (Å²) in [6.07, 6.45) is 4.29. The predicted octanol–water partition coefficient (Wildman–Crippen LogP) is 3.25. The summed E-state index contributed by atoms with van der Waals surface area (Å²) in [4.78, 5) is 27.6. The highest BCUT2D eigenvalue weighted by atomic mass is 79.9. The molecule has 3 heterocycles. The Hall–Kier alpha value is -1.66. The van der Waals surface area contributed by atoms with E-state index in [1.165, 1.54) is 0 Å². The van der Waals surface area contributed by atoms with E-state index >= 15 is 0 Å². The van der Waals surface area contributed by atoms with Crippen molar-refractivity contribution in [2.75, 3.05) is 13.2 Å². The first kappa shape index (κ1) is 17.7.